The summed E-state index contributed by atoms with van der Waals surface area (Å²) in [5.41, 5.74) is 0.192. The molecule has 0 aliphatic carbocycles. The molecule has 0 saturated carbocycles. The fraction of sp³-hybridized carbons (Fsp3) is 0.0769. The first-order chi connectivity index (χ1) is 10.2. The summed E-state index contributed by atoms with van der Waals surface area (Å²) in [6.45, 7) is -0.123. The lowest BCUT2D eigenvalue weighted by Crippen LogP contribution is -2.06. The van der Waals surface area contributed by atoms with E-state index in [9.17, 15) is 4.79 Å². The van der Waals surface area contributed by atoms with E-state index in [0.29, 0.717) is 5.82 Å². The largest absolute Gasteiger partial charge is 0.452 e. The highest BCUT2D eigenvalue weighted by Crippen LogP contribution is 2.21. The number of aromatic nitrogens is 3. The molecule has 3 aromatic rings. The van der Waals surface area contributed by atoms with E-state index in [-0.39, 0.29) is 23.2 Å². The molecule has 0 unspecified atom stereocenters. The number of hydrogen-bond donors (Lipinski definition) is 0. The van der Waals surface area contributed by atoms with Crippen LogP contribution in [0.1, 0.15) is 16.2 Å². The molecule has 0 radical (unpaired) electrons. The van der Waals surface area contributed by atoms with Gasteiger partial charge in [0.1, 0.15) is 5.15 Å². The Morgan fingerprint density at radius 3 is 3.05 bits per heavy atom. The summed E-state index contributed by atoms with van der Waals surface area (Å²) in [4.78, 5) is 20.7. The average Bonchev–Trinajstić information content (AvgIpc) is 3.16. The van der Waals surface area contributed by atoms with Crippen LogP contribution in [0.25, 0.3) is 10.7 Å². The van der Waals surface area contributed by atoms with Crippen LogP contribution in [0.4, 0.5) is 0 Å². The molecule has 3 aromatic heterocycles. The Hall–Kier alpha value is -2.25. The van der Waals surface area contributed by atoms with Gasteiger partial charge in [0, 0.05) is 6.20 Å². The van der Waals surface area contributed by atoms with E-state index in [1.807, 2.05) is 17.5 Å². The number of halogens is 1. The molecule has 0 N–H and O–H groups in total. The van der Waals surface area contributed by atoms with Crippen molar-refractivity contribution >= 4 is 28.9 Å². The van der Waals surface area contributed by atoms with Gasteiger partial charge in [-0.05, 0) is 23.6 Å². The zero-order valence-electron chi connectivity index (χ0n) is 10.5. The zero-order valence-corrected chi connectivity index (χ0v) is 12.1. The van der Waals surface area contributed by atoms with Crippen molar-refractivity contribution in [1.29, 1.82) is 0 Å². The molecular formula is C13H8ClN3O3S. The zero-order chi connectivity index (χ0) is 14.7. The predicted molar refractivity (Wildman–Crippen MR) is 76.0 cm³/mol. The minimum absolute atomic E-state index is 0.0901. The van der Waals surface area contributed by atoms with Gasteiger partial charge in [0.15, 0.2) is 6.61 Å². The minimum atomic E-state index is -0.594. The maximum atomic E-state index is 11.8. The second kappa shape index (κ2) is 6.02. The lowest BCUT2D eigenvalue weighted by molar-refractivity contribution is 0.0429. The third-order valence-electron chi connectivity index (χ3n) is 2.52. The highest BCUT2D eigenvalue weighted by Gasteiger charge is 2.15. The number of rotatable bonds is 4. The summed E-state index contributed by atoms with van der Waals surface area (Å²) in [7, 11) is 0. The molecule has 0 atom stereocenters. The molecule has 0 aliphatic heterocycles. The second-order valence-corrected chi connectivity index (χ2v) is 5.21. The fourth-order valence-corrected chi connectivity index (χ4v) is 2.41. The number of esters is 1. The van der Waals surface area contributed by atoms with Gasteiger partial charge in [-0.3, -0.25) is 0 Å². The van der Waals surface area contributed by atoms with Crippen molar-refractivity contribution in [3.05, 3.63) is 52.4 Å². The lowest BCUT2D eigenvalue weighted by atomic mass is 10.3. The van der Waals surface area contributed by atoms with Crippen LogP contribution in [0.2, 0.25) is 5.15 Å². The highest BCUT2D eigenvalue weighted by molar-refractivity contribution is 7.13. The van der Waals surface area contributed by atoms with Crippen molar-refractivity contribution in [3.8, 4) is 10.7 Å². The van der Waals surface area contributed by atoms with E-state index in [2.05, 4.69) is 15.1 Å². The van der Waals surface area contributed by atoms with Crippen molar-refractivity contribution in [2.45, 2.75) is 6.61 Å². The average molecular weight is 322 g/mol. The van der Waals surface area contributed by atoms with Crippen LogP contribution in [0.5, 0.6) is 0 Å². The molecule has 8 heteroatoms. The number of hydrogen-bond acceptors (Lipinski definition) is 7. The van der Waals surface area contributed by atoms with E-state index in [1.54, 1.807) is 6.07 Å². The van der Waals surface area contributed by atoms with Gasteiger partial charge in [-0.25, -0.2) is 9.78 Å². The smallest absolute Gasteiger partial charge is 0.341 e. The van der Waals surface area contributed by atoms with Gasteiger partial charge in [0.05, 0.1) is 10.4 Å². The summed E-state index contributed by atoms with van der Waals surface area (Å²) < 4.78 is 10.1. The first-order valence-electron chi connectivity index (χ1n) is 5.88. The number of nitrogens with zero attached hydrogens (tertiary/aromatic N) is 3. The minimum Gasteiger partial charge on any atom is -0.452 e. The Labute approximate surface area is 128 Å². The van der Waals surface area contributed by atoms with Gasteiger partial charge >= 0.3 is 5.97 Å². The highest BCUT2D eigenvalue weighted by atomic mass is 35.5. The van der Waals surface area contributed by atoms with Gasteiger partial charge in [-0.2, -0.15) is 4.98 Å². The molecule has 0 amide bonds. The Morgan fingerprint density at radius 2 is 2.29 bits per heavy atom. The van der Waals surface area contributed by atoms with E-state index < -0.39 is 5.97 Å². The third kappa shape index (κ3) is 3.09. The molecule has 0 aliphatic rings. The van der Waals surface area contributed by atoms with E-state index in [1.165, 1.54) is 23.6 Å². The van der Waals surface area contributed by atoms with Gasteiger partial charge in [-0.1, -0.05) is 22.8 Å². The van der Waals surface area contributed by atoms with E-state index >= 15 is 0 Å². The molecule has 106 valence electrons. The number of ether oxygens (including phenoxy) is 1. The topological polar surface area (TPSA) is 78.1 Å². The molecule has 21 heavy (non-hydrogen) atoms. The predicted octanol–water partition coefficient (Wildman–Crippen LogP) is 3.20. The summed E-state index contributed by atoms with van der Waals surface area (Å²) in [5.74, 6) is 0.0891. The van der Waals surface area contributed by atoms with Gasteiger partial charge < -0.3 is 9.26 Å². The SMILES string of the molecule is O=C(OCc1nc(-c2cccs2)no1)c1cccnc1Cl. The van der Waals surface area contributed by atoms with Gasteiger partial charge in [-0.15, -0.1) is 11.3 Å². The molecule has 0 fully saturated rings. The van der Waals surface area contributed by atoms with Crippen LogP contribution < -0.4 is 0 Å². The van der Waals surface area contributed by atoms with Crippen molar-refractivity contribution in [3.63, 3.8) is 0 Å². The second-order valence-electron chi connectivity index (χ2n) is 3.91. The maximum absolute atomic E-state index is 11.8. The third-order valence-corrected chi connectivity index (χ3v) is 3.68. The Bertz CT molecular complexity index is 758. The number of carbonyl (C=O) groups is 1. The molecule has 0 bridgehead atoms. The van der Waals surface area contributed by atoms with E-state index in [4.69, 9.17) is 20.9 Å². The molecule has 0 saturated heterocycles. The molecule has 3 heterocycles. The molecular weight excluding hydrogens is 314 g/mol. The summed E-state index contributed by atoms with van der Waals surface area (Å²) in [6, 6.07) is 6.90. The van der Waals surface area contributed by atoms with Gasteiger partial charge in [0.25, 0.3) is 5.89 Å². The Balaban J connectivity index is 1.66. The van der Waals surface area contributed by atoms with Crippen LogP contribution >= 0.6 is 22.9 Å². The van der Waals surface area contributed by atoms with Crippen molar-refractivity contribution in [2.24, 2.45) is 0 Å². The molecule has 0 spiro atoms. The van der Waals surface area contributed by atoms with Crippen LogP contribution in [0.15, 0.2) is 40.4 Å². The monoisotopic (exact) mass is 321 g/mol. The lowest BCUT2D eigenvalue weighted by Gasteiger charge is -2.02. The van der Waals surface area contributed by atoms with Crippen LogP contribution in [0, 0.1) is 0 Å². The van der Waals surface area contributed by atoms with Crippen LogP contribution in [0.3, 0.4) is 0 Å². The van der Waals surface area contributed by atoms with Crippen molar-refractivity contribution in [1.82, 2.24) is 15.1 Å². The Morgan fingerprint density at radius 1 is 1.38 bits per heavy atom. The summed E-state index contributed by atoms with van der Waals surface area (Å²) >= 11 is 7.30. The first-order valence-corrected chi connectivity index (χ1v) is 7.14. The summed E-state index contributed by atoms with van der Waals surface area (Å²) in [6.07, 6.45) is 1.49. The Kier molecular flexibility index (Phi) is 3.94. The first kappa shape index (κ1) is 13.7. The van der Waals surface area contributed by atoms with Gasteiger partial charge in [0.2, 0.25) is 5.82 Å². The standard InChI is InChI=1S/C13H8ClN3O3S/c14-11-8(3-1-5-15-11)13(18)19-7-10-16-12(17-20-10)9-4-2-6-21-9/h1-6H,7H2. The summed E-state index contributed by atoms with van der Waals surface area (Å²) in [5, 5.41) is 5.82. The van der Waals surface area contributed by atoms with Crippen molar-refractivity contribution < 1.29 is 14.1 Å². The number of thiophene rings is 1. The molecule has 6 nitrogen and oxygen atoms in total. The number of carbonyl (C=O) groups excluding carboxylic acids is 1. The maximum Gasteiger partial charge on any atom is 0.341 e. The normalized spacial score (nSPS) is 10.5. The number of pyridine rings is 1. The van der Waals surface area contributed by atoms with Crippen molar-refractivity contribution in [2.75, 3.05) is 0 Å². The quantitative estimate of drug-likeness (QED) is 0.542. The molecule has 3 rings (SSSR count). The van der Waals surface area contributed by atoms with Crippen LogP contribution in [-0.2, 0) is 11.3 Å². The molecule has 0 aromatic carbocycles. The fourth-order valence-electron chi connectivity index (χ4n) is 1.56. The van der Waals surface area contributed by atoms with Crippen LogP contribution in [-0.4, -0.2) is 21.1 Å². The van der Waals surface area contributed by atoms with E-state index in [0.717, 1.165) is 4.88 Å².